The molecule has 0 saturated heterocycles. The van der Waals surface area contributed by atoms with Gasteiger partial charge in [-0.1, -0.05) is 0 Å². The molecule has 27 heavy (non-hydrogen) atoms. The van der Waals surface area contributed by atoms with Crippen molar-refractivity contribution in [1.29, 1.82) is 0 Å². The van der Waals surface area contributed by atoms with Gasteiger partial charge in [0.15, 0.2) is 0 Å². The highest BCUT2D eigenvalue weighted by Crippen LogP contribution is 1.99. The van der Waals surface area contributed by atoms with Crippen LogP contribution in [0.1, 0.15) is 61.3 Å². The molecule has 4 rings (SSSR count). The van der Waals surface area contributed by atoms with Gasteiger partial charge in [0.25, 0.3) is 0 Å². The van der Waals surface area contributed by atoms with Gasteiger partial charge in [0, 0.05) is 47.6 Å². The zero-order chi connectivity index (χ0) is 20.2. The Labute approximate surface area is 161 Å². The molecule has 0 spiro atoms. The predicted molar refractivity (Wildman–Crippen MR) is 119 cm³/mol. The second kappa shape index (κ2) is 11.9. The van der Waals surface area contributed by atoms with Crippen molar-refractivity contribution in [2.45, 2.75) is 61.3 Å². The summed E-state index contributed by atoms with van der Waals surface area (Å²) in [5.41, 5.74) is 5.60. The van der Waals surface area contributed by atoms with E-state index in [0.29, 0.717) is 0 Å². The molecule has 8 nitrogen and oxygen atoms in total. The summed E-state index contributed by atoms with van der Waals surface area (Å²) in [5.74, 6) is 1.83. The van der Waals surface area contributed by atoms with Gasteiger partial charge < -0.3 is 0 Å². The van der Waals surface area contributed by atoms with Gasteiger partial charge >= 0.3 is 0 Å². The van der Waals surface area contributed by atoms with Crippen LogP contribution in [-0.2, 0) is 0 Å². The average molecular weight is 371 g/mol. The van der Waals surface area contributed by atoms with E-state index in [9.17, 15) is 0 Å². The number of amidine groups is 2. The molecule has 0 unspecified atom stereocenters. The highest BCUT2D eigenvalue weighted by Gasteiger charge is 2.00. The van der Waals surface area contributed by atoms with Gasteiger partial charge in [-0.2, -0.15) is 20.4 Å². The summed E-state index contributed by atoms with van der Waals surface area (Å²) in [6.45, 7) is 15.4. The first kappa shape index (κ1) is 22.4. The summed E-state index contributed by atoms with van der Waals surface area (Å²) in [4.78, 5) is 16.2. The molecule has 0 aromatic rings. The molecular weight excluding hydrogens is 340 g/mol. The lowest BCUT2D eigenvalue weighted by molar-refractivity contribution is 1.26. The van der Waals surface area contributed by atoms with Crippen LogP contribution in [0.5, 0.6) is 0 Å². The van der Waals surface area contributed by atoms with Gasteiger partial charge in [0.2, 0.25) is 0 Å². The Morgan fingerprint density at radius 3 is 1.19 bits per heavy atom. The third-order valence-electron chi connectivity index (χ3n) is 3.38. The maximum Gasteiger partial charge on any atom is 0.120 e. The second-order valence-corrected chi connectivity index (χ2v) is 6.61. The van der Waals surface area contributed by atoms with Gasteiger partial charge in [-0.05, 0) is 48.5 Å². The first-order valence-electron chi connectivity index (χ1n) is 8.98. The van der Waals surface area contributed by atoms with Crippen molar-refractivity contribution in [3.05, 3.63) is 0 Å². The largest absolute Gasteiger partial charge is 0.265 e. The predicted octanol–water partition coefficient (Wildman–Crippen LogP) is 3.82. The molecule has 4 aliphatic rings. The highest BCUT2D eigenvalue weighted by molar-refractivity contribution is 6.05. The molecule has 0 aliphatic carbocycles. The lowest BCUT2D eigenvalue weighted by Crippen LogP contribution is -1.90. The Hall–Kier alpha value is -2.64. The Bertz CT molecular complexity index is 711. The fourth-order valence-electron chi connectivity index (χ4n) is 2.12. The number of hydrogen-bond acceptors (Lipinski definition) is 8. The van der Waals surface area contributed by atoms with Gasteiger partial charge in [-0.25, -0.2) is 9.98 Å². The lowest BCUT2D eigenvalue weighted by atomic mass is 10.2. The monoisotopic (exact) mass is 370 g/mol. The van der Waals surface area contributed by atoms with Crippen molar-refractivity contribution >= 4 is 46.4 Å². The molecule has 0 radical (unpaired) electrons. The van der Waals surface area contributed by atoms with Crippen LogP contribution in [0.2, 0.25) is 0 Å². The van der Waals surface area contributed by atoms with Crippen LogP contribution in [0.3, 0.4) is 0 Å². The van der Waals surface area contributed by atoms with Crippen LogP contribution < -0.4 is 0 Å². The van der Waals surface area contributed by atoms with Gasteiger partial charge in [-0.15, -0.1) is 0 Å². The summed E-state index contributed by atoms with van der Waals surface area (Å²) in [5, 5.41) is 15.0. The molecule has 8 heteroatoms. The van der Waals surface area contributed by atoms with Crippen LogP contribution in [-0.4, -0.2) is 59.5 Å². The Morgan fingerprint density at radius 1 is 0.593 bits per heavy atom. The molecule has 146 valence electrons. The summed E-state index contributed by atoms with van der Waals surface area (Å²) >= 11 is 0. The second-order valence-electron chi connectivity index (χ2n) is 6.61. The van der Waals surface area contributed by atoms with Crippen molar-refractivity contribution in [2.24, 2.45) is 40.4 Å². The van der Waals surface area contributed by atoms with Crippen LogP contribution in [0, 0.1) is 0 Å². The quantitative estimate of drug-likeness (QED) is 0.619. The summed E-state index contributed by atoms with van der Waals surface area (Å²) in [6, 6.07) is 0. The van der Waals surface area contributed by atoms with E-state index >= 15 is 0 Å². The summed E-state index contributed by atoms with van der Waals surface area (Å²) in [7, 11) is 0. The average Bonchev–Trinajstić information content (AvgIpc) is 3.37. The van der Waals surface area contributed by atoms with E-state index in [4.69, 9.17) is 0 Å². The van der Waals surface area contributed by atoms with E-state index in [1.54, 1.807) is 6.21 Å². The van der Waals surface area contributed by atoms with Gasteiger partial charge in [0.1, 0.15) is 11.7 Å². The fraction of sp³-hybridized carbons (Fsp3) is 0.579. The van der Waals surface area contributed by atoms with E-state index in [-0.39, 0.29) is 0 Å². The third-order valence-corrected chi connectivity index (χ3v) is 3.38. The summed E-state index contributed by atoms with van der Waals surface area (Å²) < 4.78 is 0. The number of nitrogens with zero attached hydrogens (tertiary/aromatic N) is 8. The zero-order valence-corrected chi connectivity index (χ0v) is 17.5. The molecule has 0 amide bonds. The third kappa shape index (κ3) is 10.8. The molecule has 4 heterocycles. The standard InChI is InChI=1S/3C5H8N2.C4H6N2/c2*1-4-3-6-5(2)7-4;1-4-3-5(2)7-6-4;1-4-2-3-5-6-4/h3*3H2,1-2H3;3H,2H2,1H3. The Balaban J connectivity index is 0.000000180. The number of hydrogen-bond donors (Lipinski definition) is 0. The first-order chi connectivity index (χ1) is 12.8. The zero-order valence-electron chi connectivity index (χ0n) is 17.5. The maximum atomic E-state index is 4.06. The Morgan fingerprint density at radius 2 is 1.07 bits per heavy atom. The van der Waals surface area contributed by atoms with Crippen LogP contribution in [0.4, 0.5) is 0 Å². The number of aliphatic imine (C=N–C) groups is 4. The van der Waals surface area contributed by atoms with Gasteiger partial charge in [0.05, 0.1) is 13.1 Å². The van der Waals surface area contributed by atoms with Gasteiger partial charge in [-0.3, -0.25) is 9.98 Å². The van der Waals surface area contributed by atoms with Crippen molar-refractivity contribution in [2.75, 3.05) is 13.1 Å². The molecule has 0 fully saturated rings. The molecule has 0 atom stereocenters. The van der Waals surface area contributed by atoms with Crippen molar-refractivity contribution < 1.29 is 0 Å². The first-order valence-corrected chi connectivity index (χ1v) is 8.98. The normalized spacial score (nSPS) is 19.0. The minimum absolute atomic E-state index is 0.811. The van der Waals surface area contributed by atoms with E-state index in [2.05, 4.69) is 40.4 Å². The van der Waals surface area contributed by atoms with E-state index < -0.39 is 0 Å². The maximum absolute atomic E-state index is 4.06. The van der Waals surface area contributed by atoms with Crippen molar-refractivity contribution in [3.8, 4) is 0 Å². The molecule has 0 aromatic heterocycles. The highest BCUT2D eigenvalue weighted by atomic mass is 15.2. The minimum Gasteiger partial charge on any atom is -0.265 e. The number of rotatable bonds is 0. The van der Waals surface area contributed by atoms with E-state index in [0.717, 1.165) is 66.2 Å². The molecule has 0 N–H and O–H groups in total. The molecule has 4 aliphatic heterocycles. The minimum atomic E-state index is 0.811. The fourth-order valence-corrected chi connectivity index (χ4v) is 2.12. The van der Waals surface area contributed by atoms with Crippen LogP contribution in [0.25, 0.3) is 0 Å². The molecule has 0 aromatic carbocycles. The molecular formula is C19H30N8. The Kier molecular flexibility index (Phi) is 9.85. The lowest BCUT2D eigenvalue weighted by Gasteiger charge is -1.80. The topological polar surface area (TPSA) is 98.9 Å². The van der Waals surface area contributed by atoms with E-state index in [1.807, 2.05) is 48.5 Å². The van der Waals surface area contributed by atoms with E-state index in [1.165, 1.54) is 0 Å². The van der Waals surface area contributed by atoms with Crippen molar-refractivity contribution in [3.63, 3.8) is 0 Å². The summed E-state index contributed by atoms with van der Waals surface area (Å²) in [6.07, 6.45) is 3.72. The van der Waals surface area contributed by atoms with Crippen molar-refractivity contribution in [1.82, 2.24) is 0 Å². The SMILES string of the molecule is CC1=NC(C)=NC1.CC1=NC(C)=NC1.CC1=NN=C(C)C1.CC1=NN=CC1. The smallest absolute Gasteiger partial charge is 0.120 e. The van der Waals surface area contributed by atoms with Crippen LogP contribution in [0.15, 0.2) is 40.4 Å². The molecule has 0 saturated carbocycles. The molecule has 0 bridgehead atoms. The van der Waals surface area contributed by atoms with Crippen LogP contribution >= 0.6 is 0 Å².